The van der Waals surface area contributed by atoms with Crippen LogP contribution in [-0.4, -0.2) is 44.2 Å². The summed E-state index contributed by atoms with van der Waals surface area (Å²) in [4.78, 5) is 30.2. The molecule has 41 heavy (non-hydrogen) atoms. The van der Waals surface area contributed by atoms with Crippen LogP contribution < -0.4 is 10.6 Å². The Bertz CT molecular complexity index is 1490. The first-order valence-electron chi connectivity index (χ1n) is 13.6. The molecule has 11 heteroatoms. The lowest BCUT2D eigenvalue weighted by Crippen LogP contribution is -2.38. The molecule has 214 valence electrons. The van der Waals surface area contributed by atoms with Crippen LogP contribution in [0, 0.1) is 5.92 Å². The molecule has 0 spiro atoms. The average molecular weight is 565 g/mol. The minimum absolute atomic E-state index is 0.0106. The van der Waals surface area contributed by atoms with Crippen molar-refractivity contribution in [2.75, 3.05) is 13.1 Å². The maximum Gasteiger partial charge on any atom is 0.435 e. The lowest BCUT2D eigenvalue weighted by molar-refractivity contribution is -0.141. The zero-order valence-corrected chi connectivity index (χ0v) is 22.6. The minimum atomic E-state index is -4.79. The molecule has 8 nitrogen and oxygen atoms in total. The van der Waals surface area contributed by atoms with Gasteiger partial charge in [0.25, 0.3) is 5.91 Å². The molecule has 1 aliphatic carbocycles. The third kappa shape index (κ3) is 6.50. The molecule has 0 atom stereocenters. The van der Waals surface area contributed by atoms with Crippen LogP contribution in [0.1, 0.15) is 53.5 Å². The Kier molecular flexibility index (Phi) is 8.23. The minimum Gasteiger partial charge on any atom is -0.354 e. The van der Waals surface area contributed by atoms with Crippen LogP contribution in [0.4, 0.5) is 13.2 Å². The van der Waals surface area contributed by atoms with Crippen LogP contribution in [0.15, 0.2) is 73.1 Å². The number of imidazole rings is 1. The number of alkyl halides is 3. The topological polar surface area (TPSA) is 93.8 Å². The van der Waals surface area contributed by atoms with E-state index >= 15 is 0 Å². The number of nitrogens with one attached hydrogen (secondary N) is 2. The third-order valence-corrected chi connectivity index (χ3v) is 7.40. The first-order chi connectivity index (χ1) is 19.7. The quantitative estimate of drug-likeness (QED) is 0.291. The molecule has 1 fully saturated rings. The van der Waals surface area contributed by atoms with Gasteiger partial charge in [-0.15, -0.1) is 0 Å². The fraction of sp³-hybridized carbons (Fsp3) is 0.333. The van der Waals surface area contributed by atoms with E-state index in [4.69, 9.17) is 4.98 Å². The lowest BCUT2D eigenvalue weighted by Gasteiger charge is -2.27. The lowest BCUT2D eigenvalue weighted by atomic mass is 9.81. The number of aryl methyl sites for hydroxylation is 1. The maximum absolute atomic E-state index is 13.6. The molecule has 0 bridgehead atoms. The van der Waals surface area contributed by atoms with Crippen molar-refractivity contribution in [2.45, 2.75) is 37.8 Å². The molecule has 2 aromatic carbocycles. The van der Waals surface area contributed by atoms with Crippen molar-refractivity contribution < 1.29 is 22.8 Å². The molecule has 2 aromatic heterocycles. The van der Waals surface area contributed by atoms with E-state index in [9.17, 15) is 22.8 Å². The summed E-state index contributed by atoms with van der Waals surface area (Å²) in [6.07, 6.45) is 1.39. The van der Waals surface area contributed by atoms with Gasteiger partial charge in [0.05, 0.1) is 16.9 Å². The fourth-order valence-corrected chi connectivity index (χ4v) is 5.29. The third-order valence-electron chi connectivity index (χ3n) is 7.40. The number of aromatic nitrogens is 4. The van der Waals surface area contributed by atoms with Gasteiger partial charge in [0.15, 0.2) is 5.69 Å². The summed E-state index contributed by atoms with van der Waals surface area (Å²) < 4.78 is 43.8. The van der Waals surface area contributed by atoms with Crippen LogP contribution in [0.25, 0.3) is 16.9 Å². The van der Waals surface area contributed by atoms with E-state index in [0.717, 1.165) is 40.8 Å². The van der Waals surface area contributed by atoms with Gasteiger partial charge < -0.3 is 15.2 Å². The van der Waals surface area contributed by atoms with Crippen molar-refractivity contribution in [3.05, 3.63) is 90.1 Å². The molecular formula is C30H31F3N6O2. The normalized spacial score (nSPS) is 17.3. The number of benzene rings is 2. The van der Waals surface area contributed by atoms with Gasteiger partial charge in [0.2, 0.25) is 5.91 Å². The Hall–Kier alpha value is -4.41. The summed E-state index contributed by atoms with van der Waals surface area (Å²) in [5.74, 6) is 0.103. The first kappa shape index (κ1) is 28.1. The van der Waals surface area contributed by atoms with E-state index in [-0.39, 0.29) is 30.8 Å². The summed E-state index contributed by atoms with van der Waals surface area (Å²) in [6, 6.07) is 18.2. The van der Waals surface area contributed by atoms with Gasteiger partial charge in [-0.1, -0.05) is 48.5 Å². The van der Waals surface area contributed by atoms with Gasteiger partial charge >= 0.3 is 6.18 Å². The van der Waals surface area contributed by atoms with E-state index in [2.05, 4.69) is 20.3 Å². The number of hydrogen-bond donors (Lipinski definition) is 2. The summed E-state index contributed by atoms with van der Waals surface area (Å²) >= 11 is 0. The molecule has 2 heterocycles. The number of carbonyl (C=O) groups excluding carboxylic acids is 2. The Labute approximate surface area is 235 Å². The molecule has 4 aromatic rings. The summed E-state index contributed by atoms with van der Waals surface area (Å²) in [6.45, 7) is 0.0990. The molecule has 0 saturated heterocycles. The summed E-state index contributed by atoms with van der Waals surface area (Å²) in [5.41, 5.74) is 0.562. The highest BCUT2D eigenvalue weighted by Gasteiger charge is 2.39. The number of halogens is 3. The van der Waals surface area contributed by atoms with Crippen molar-refractivity contribution >= 4 is 11.8 Å². The highest BCUT2D eigenvalue weighted by Crippen LogP contribution is 2.36. The average Bonchev–Trinajstić information content (AvgIpc) is 3.61. The molecule has 0 unspecified atom stereocenters. The van der Waals surface area contributed by atoms with Crippen LogP contribution in [0.3, 0.4) is 0 Å². The van der Waals surface area contributed by atoms with Crippen molar-refractivity contribution in [3.63, 3.8) is 0 Å². The fourth-order valence-electron chi connectivity index (χ4n) is 5.29. The van der Waals surface area contributed by atoms with Crippen molar-refractivity contribution in [1.29, 1.82) is 0 Å². The Morgan fingerprint density at radius 3 is 2.20 bits per heavy atom. The molecule has 1 aliphatic rings. The van der Waals surface area contributed by atoms with Crippen molar-refractivity contribution in [2.24, 2.45) is 13.0 Å². The van der Waals surface area contributed by atoms with E-state index in [1.807, 2.05) is 43.6 Å². The second-order valence-corrected chi connectivity index (χ2v) is 10.2. The first-order valence-corrected chi connectivity index (χ1v) is 13.6. The zero-order chi connectivity index (χ0) is 29.0. The number of carbonyl (C=O) groups is 2. The summed E-state index contributed by atoms with van der Waals surface area (Å²) in [7, 11) is 1.99. The van der Waals surface area contributed by atoms with E-state index in [1.54, 1.807) is 30.3 Å². The van der Waals surface area contributed by atoms with Gasteiger partial charge in [-0.2, -0.15) is 18.3 Å². The largest absolute Gasteiger partial charge is 0.435 e. The molecule has 0 aliphatic heterocycles. The monoisotopic (exact) mass is 564 g/mol. The number of rotatable bonds is 8. The van der Waals surface area contributed by atoms with Crippen LogP contribution >= 0.6 is 0 Å². The highest BCUT2D eigenvalue weighted by atomic mass is 19.4. The van der Waals surface area contributed by atoms with E-state index in [0.29, 0.717) is 18.5 Å². The molecular weight excluding hydrogens is 533 g/mol. The standard InChI is InChI=1S/C30H31F3N6O2/c1-38-19-25(20-8-4-2-5-9-20)36-27(38)21-12-14-22(15-13-21)28(40)34-16-17-35-29(41)24-18-39(23-10-6-3-7-11-23)37-26(24)30(31,32)33/h2-11,18-19,21-22H,12-17H2,1H3,(H,34,40)(H,35,41). The molecule has 1 saturated carbocycles. The van der Waals surface area contributed by atoms with Crippen LogP contribution in [0.2, 0.25) is 0 Å². The second kappa shape index (κ2) is 12.0. The Morgan fingerprint density at radius 2 is 1.54 bits per heavy atom. The van der Waals surface area contributed by atoms with E-state index in [1.165, 1.54) is 0 Å². The Balaban J connectivity index is 1.10. The van der Waals surface area contributed by atoms with Gasteiger partial charge in [-0.3, -0.25) is 9.59 Å². The predicted molar refractivity (Wildman–Crippen MR) is 147 cm³/mol. The van der Waals surface area contributed by atoms with Crippen molar-refractivity contribution in [1.82, 2.24) is 30.0 Å². The smallest absolute Gasteiger partial charge is 0.354 e. The Morgan fingerprint density at radius 1 is 0.902 bits per heavy atom. The maximum atomic E-state index is 13.6. The van der Waals surface area contributed by atoms with Gasteiger partial charge in [-0.25, -0.2) is 9.67 Å². The highest BCUT2D eigenvalue weighted by molar-refractivity contribution is 5.95. The van der Waals surface area contributed by atoms with Gasteiger partial charge in [0.1, 0.15) is 5.82 Å². The van der Waals surface area contributed by atoms with Crippen LogP contribution in [0.5, 0.6) is 0 Å². The number of para-hydroxylation sites is 1. The van der Waals surface area contributed by atoms with Crippen molar-refractivity contribution in [3.8, 4) is 16.9 Å². The zero-order valence-electron chi connectivity index (χ0n) is 22.6. The summed E-state index contributed by atoms with van der Waals surface area (Å²) in [5, 5.41) is 8.87. The molecule has 2 amide bonds. The van der Waals surface area contributed by atoms with Gasteiger partial charge in [0, 0.05) is 49.9 Å². The number of nitrogens with zero attached hydrogens (tertiary/aromatic N) is 4. The molecule has 5 rings (SSSR count). The molecule has 2 N–H and O–H groups in total. The van der Waals surface area contributed by atoms with Gasteiger partial charge in [-0.05, 0) is 37.8 Å². The molecule has 0 radical (unpaired) electrons. The van der Waals surface area contributed by atoms with E-state index < -0.39 is 23.3 Å². The van der Waals surface area contributed by atoms with Crippen LogP contribution in [-0.2, 0) is 18.0 Å². The number of hydrogen-bond acceptors (Lipinski definition) is 4. The number of amides is 2. The predicted octanol–water partition coefficient (Wildman–Crippen LogP) is 5.11. The second-order valence-electron chi connectivity index (χ2n) is 10.2. The SMILES string of the molecule is Cn1cc(-c2ccccc2)nc1C1CCC(C(=O)NCCNC(=O)c2cn(-c3ccccc3)nc2C(F)(F)F)CC1.